The molecule has 1 aromatic heterocycles. The summed E-state index contributed by atoms with van der Waals surface area (Å²) in [5, 5.41) is 20.6. The summed E-state index contributed by atoms with van der Waals surface area (Å²) in [6, 6.07) is -0.152. The predicted molar refractivity (Wildman–Crippen MR) is 69.9 cm³/mol. The van der Waals surface area contributed by atoms with E-state index >= 15 is 0 Å². The molecule has 1 atom stereocenters. The van der Waals surface area contributed by atoms with Gasteiger partial charge in [0.1, 0.15) is 5.69 Å². The number of anilines is 2. The van der Waals surface area contributed by atoms with Gasteiger partial charge in [-0.2, -0.15) is 4.98 Å². The molecule has 0 bridgehead atoms. The van der Waals surface area contributed by atoms with E-state index in [0.29, 0.717) is 6.54 Å². The van der Waals surface area contributed by atoms with Crippen molar-refractivity contribution in [2.45, 2.75) is 32.2 Å². The molecule has 0 saturated carbocycles. The summed E-state index contributed by atoms with van der Waals surface area (Å²) in [5.74, 6) is 0.231. The van der Waals surface area contributed by atoms with E-state index in [1.54, 1.807) is 4.90 Å². The molecule has 8 heteroatoms. The fourth-order valence-corrected chi connectivity index (χ4v) is 2.46. The van der Waals surface area contributed by atoms with E-state index in [4.69, 9.17) is 5.73 Å². The lowest BCUT2D eigenvalue weighted by molar-refractivity contribution is -0.385. The molecule has 2 heterocycles. The first-order chi connectivity index (χ1) is 9.04. The highest BCUT2D eigenvalue weighted by atomic mass is 16.6. The Morgan fingerprint density at radius 2 is 2.26 bits per heavy atom. The predicted octanol–water partition coefficient (Wildman–Crippen LogP) is 0.627. The number of aliphatic hydroxyl groups excluding tert-OH is 1. The SMILES string of the molecule is Cc1nc(N)nc(N2CCCCC2CO)c1[N+](=O)[O-]. The normalized spacial score (nSPS) is 19.5. The summed E-state index contributed by atoms with van der Waals surface area (Å²) < 4.78 is 0. The first kappa shape index (κ1) is 13.5. The van der Waals surface area contributed by atoms with Gasteiger partial charge in [-0.1, -0.05) is 0 Å². The van der Waals surface area contributed by atoms with Gasteiger partial charge in [0.15, 0.2) is 0 Å². The van der Waals surface area contributed by atoms with E-state index in [1.165, 1.54) is 6.92 Å². The van der Waals surface area contributed by atoms with E-state index in [0.717, 1.165) is 19.3 Å². The Labute approximate surface area is 110 Å². The van der Waals surface area contributed by atoms with Crippen molar-refractivity contribution in [1.82, 2.24) is 9.97 Å². The third-order valence-electron chi connectivity index (χ3n) is 3.35. The zero-order valence-corrected chi connectivity index (χ0v) is 10.7. The molecule has 1 aliphatic heterocycles. The van der Waals surface area contributed by atoms with Gasteiger partial charge in [0.05, 0.1) is 17.6 Å². The molecule has 0 spiro atoms. The van der Waals surface area contributed by atoms with E-state index in [-0.39, 0.29) is 35.8 Å². The summed E-state index contributed by atoms with van der Waals surface area (Å²) in [4.78, 5) is 20.3. The lowest BCUT2D eigenvalue weighted by Crippen LogP contribution is -2.43. The highest BCUT2D eigenvalue weighted by Crippen LogP contribution is 2.33. The van der Waals surface area contributed by atoms with Gasteiger partial charge in [-0.3, -0.25) is 10.1 Å². The van der Waals surface area contributed by atoms with Crippen molar-refractivity contribution in [1.29, 1.82) is 0 Å². The number of aryl methyl sites for hydroxylation is 1. The third kappa shape index (κ3) is 2.58. The first-order valence-electron chi connectivity index (χ1n) is 6.20. The Kier molecular flexibility index (Phi) is 3.79. The molecule has 1 aromatic rings. The summed E-state index contributed by atoms with van der Waals surface area (Å²) in [6.07, 6.45) is 2.70. The molecule has 1 unspecified atom stereocenters. The second-order valence-corrected chi connectivity index (χ2v) is 4.62. The Morgan fingerprint density at radius 3 is 2.89 bits per heavy atom. The minimum absolute atomic E-state index is 0.0142. The van der Waals surface area contributed by atoms with Gasteiger partial charge in [0, 0.05) is 6.54 Å². The lowest BCUT2D eigenvalue weighted by Gasteiger charge is -2.35. The number of nitrogens with zero attached hydrogens (tertiary/aromatic N) is 4. The zero-order chi connectivity index (χ0) is 14.0. The second kappa shape index (κ2) is 5.35. The van der Waals surface area contributed by atoms with Gasteiger partial charge in [0.2, 0.25) is 11.8 Å². The molecule has 0 radical (unpaired) electrons. The average Bonchev–Trinajstić information content (AvgIpc) is 2.37. The number of hydrogen-bond acceptors (Lipinski definition) is 7. The van der Waals surface area contributed by atoms with Crippen molar-refractivity contribution in [2.75, 3.05) is 23.8 Å². The van der Waals surface area contributed by atoms with Crippen LogP contribution in [-0.4, -0.2) is 39.2 Å². The average molecular weight is 267 g/mol. The number of piperidine rings is 1. The quantitative estimate of drug-likeness (QED) is 0.608. The topological polar surface area (TPSA) is 118 Å². The molecule has 1 fully saturated rings. The highest BCUT2D eigenvalue weighted by molar-refractivity contribution is 5.62. The largest absolute Gasteiger partial charge is 0.394 e. The molecule has 19 heavy (non-hydrogen) atoms. The molecule has 2 rings (SSSR count). The van der Waals surface area contributed by atoms with Crippen molar-refractivity contribution >= 4 is 17.5 Å². The third-order valence-corrected chi connectivity index (χ3v) is 3.35. The summed E-state index contributed by atoms with van der Waals surface area (Å²) in [5.41, 5.74) is 5.70. The van der Waals surface area contributed by atoms with Crippen LogP contribution in [0.2, 0.25) is 0 Å². The van der Waals surface area contributed by atoms with Crippen molar-refractivity contribution in [3.05, 3.63) is 15.8 Å². The van der Waals surface area contributed by atoms with Crippen LogP contribution in [0.3, 0.4) is 0 Å². The number of aliphatic hydroxyl groups is 1. The van der Waals surface area contributed by atoms with E-state index in [1.807, 2.05) is 0 Å². The summed E-state index contributed by atoms with van der Waals surface area (Å²) in [6.45, 7) is 2.11. The molecular weight excluding hydrogens is 250 g/mol. The molecule has 0 aromatic carbocycles. The molecule has 8 nitrogen and oxygen atoms in total. The van der Waals surface area contributed by atoms with Crippen LogP contribution in [0.5, 0.6) is 0 Å². The zero-order valence-electron chi connectivity index (χ0n) is 10.7. The number of hydrogen-bond donors (Lipinski definition) is 2. The smallest absolute Gasteiger partial charge is 0.332 e. The number of nitrogens with two attached hydrogens (primary N) is 1. The fourth-order valence-electron chi connectivity index (χ4n) is 2.46. The molecule has 0 amide bonds. The number of nitro groups is 1. The Bertz CT molecular complexity index is 493. The Morgan fingerprint density at radius 1 is 1.53 bits per heavy atom. The molecule has 0 aliphatic carbocycles. The van der Waals surface area contributed by atoms with Crippen LogP contribution >= 0.6 is 0 Å². The second-order valence-electron chi connectivity index (χ2n) is 4.62. The van der Waals surface area contributed by atoms with Crippen molar-refractivity contribution < 1.29 is 10.0 Å². The molecular formula is C11H17N5O3. The van der Waals surface area contributed by atoms with Crippen LogP contribution in [0.25, 0.3) is 0 Å². The lowest BCUT2D eigenvalue weighted by atomic mass is 10.0. The van der Waals surface area contributed by atoms with E-state index in [9.17, 15) is 15.2 Å². The van der Waals surface area contributed by atoms with Gasteiger partial charge < -0.3 is 15.7 Å². The highest BCUT2D eigenvalue weighted by Gasteiger charge is 2.31. The van der Waals surface area contributed by atoms with Crippen LogP contribution < -0.4 is 10.6 Å². The minimum atomic E-state index is -0.493. The molecule has 104 valence electrons. The first-order valence-corrected chi connectivity index (χ1v) is 6.20. The van der Waals surface area contributed by atoms with Crippen LogP contribution in [0.1, 0.15) is 25.0 Å². The Hall–Kier alpha value is -1.96. The van der Waals surface area contributed by atoms with Crippen LogP contribution in [-0.2, 0) is 0 Å². The summed E-state index contributed by atoms with van der Waals surface area (Å²) in [7, 11) is 0. The summed E-state index contributed by atoms with van der Waals surface area (Å²) >= 11 is 0. The van der Waals surface area contributed by atoms with Crippen LogP contribution in [0.4, 0.5) is 17.5 Å². The number of rotatable bonds is 3. The van der Waals surface area contributed by atoms with Crippen molar-refractivity contribution in [3.8, 4) is 0 Å². The standard InChI is InChI=1S/C11H17N5O3/c1-7-9(16(18)19)10(14-11(12)13-7)15-5-3-2-4-8(15)6-17/h8,17H,2-6H2,1H3,(H2,12,13,14). The number of aromatic nitrogens is 2. The van der Waals surface area contributed by atoms with Crippen molar-refractivity contribution in [3.63, 3.8) is 0 Å². The molecule has 1 aliphatic rings. The van der Waals surface area contributed by atoms with Gasteiger partial charge >= 0.3 is 5.69 Å². The Balaban J connectivity index is 2.50. The maximum absolute atomic E-state index is 11.2. The molecule has 1 saturated heterocycles. The van der Waals surface area contributed by atoms with E-state index < -0.39 is 4.92 Å². The maximum Gasteiger partial charge on any atom is 0.332 e. The van der Waals surface area contributed by atoms with Crippen LogP contribution in [0.15, 0.2) is 0 Å². The van der Waals surface area contributed by atoms with Crippen molar-refractivity contribution in [2.24, 2.45) is 0 Å². The van der Waals surface area contributed by atoms with E-state index in [2.05, 4.69) is 9.97 Å². The minimum Gasteiger partial charge on any atom is -0.394 e. The van der Waals surface area contributed by atoms with Crippen LogP contribution in [0, 0.1) is 17.0 Å². The monoisotopic (exact) mass is 267 g/mol. The van der Waals surface area contributed by atoms with Gasteiger partial charge in [-0.05, 0) is 26.2 Å². The van der Waals surface area contributed by atoms with Gasteiger partial charge in [-0.25, -0.2) is 4.98 Å². The van der Waals surface area contributed by atoms with Gasteiger partial charge in [0.25, 0.3) is 0 Å². The number of nitrogen functional groups attached to an aromatic ring is 1. The molecule has 3 N–H and O–H groups in total. The van der Waals surface area contributed by atoms with Gasteiger partial charge in [-0.15, -0.1) is 0 Å². The maximum atomic E-state index is 11.2. The fraction of sp³-hybridized carbons (Fsp3) is 0.636.